The molecule has 1 heterocycles. The Balaban J connectivity index is 1.66. The van der Waals surface area contributed by atoms with Crippen LogP contribution in [0.2, 0.25) is 0 Å². The summed E-state index contributed by atoms with van der Waals surface area (Å²) in [5, 5.41) is 2.73. The monoisotopic (exact) mass is 459 g/mol. The first kappa shape index (κ1) is 23.9. The molecule has 0 aliphatic carbocycles. The fraction of sp³-hybridized carbons (Fsp3) is 0.391. The number of hydrogen-bond acceptors (Lipinski definition) is 6. The summed E-state index contributed by atoms with van der Waals surface area (Å²) in [7, 11) is -1.71. The molecule has 1 aliphatic heterocycles. The van der Waals surface area contributed by atoms with Crippen LogP contribution in [0.1, 0.15) is 40.5 Å². The molecule has 0 saturated carbocycles. The number of benzene rings is 2. The number of likely N-dealkylation sites (N-methyl/N-ethyl adjacent to an activating group) is 1. The van der Waals surface area contributed by atoms with Crippen molar-refractivity contribution in [3.63, 3.8) is 0 Å². The molecular formula is C23H29N3O5S. The largest absolute Gasteiger partial charge is 0.462 e. The minimum Gasteiger partial charge on any atom is -0.462 e. The van der Waals surface area contributed by atoms with Crippen molar-refractivity contribution in [2.75, 3.05) is 45.2 Å². The highest BCUT2D eigenvalue weighted by Gasteiger charge is 2.28. The zero-order chi connectivity index (χ0) is 23.1. The van der Waals surface area contributed by atoms with Gasteiger partial charge in [0.15, 0.2) is 0 Å². The van der Waals surface area contributed by atoms with Crippen LogP contribution in [0.3, 0.4) is 0 Å². The average Bonchev–Trinajstić information content (AvgIpc) is 2.80. The first-order valence-corrected chi connectivity index (χ1v) is 12.1. The van der Waals surface area contributed by atoms with Crippen molar-refractivity contribution < 1.29 is 22.7 Å². The molecule has 8 nitrogen and oxygen atoms in total. The minimum absolute atomic E-state index is 0.0971. The summed E-state index contributed by atoms with van der Waals surface area (Å²) in [5.41, 5.74) is 1.13. The molecule has 0 radical (unpaired) electrons. The van der Waals surface area contributed by atoms with Crippen LogP contribution in [-0.2, 0) is 14.8 Å². The molecule has 1 saturated heterocycles. The highest BCUT2D eigenvalue weighted by atomic mass is 32.2. The van der Waals surface area contributed by atoms with E-state index >= 15 is 0 Å². The Bertz CT molecular complexity index is 1050. The third kappa shape index (κ3) is 5.93. The summed E-state index contributed by atoms with van der Waals surface area (Å²) < 4.78 is 32.5. The van der Waals surface area contributed by atoms with E-state index in [0.717, 1.165) is 12.8 Å². The third-order valence-corrected chi connectivity index (χ3v) is 7.20. The van der Waals surface area contributed by atoms with Gasteiger partial charge in [-0.3, -0.25) is 4.79 Å². The topological polar surface area (TPSA) is 96.0 Å². The lowest BCUT2D eigenvalue weighted by Gasteiger charge is -2.31. The maximum absolute atomic E-state index is 13.0. The second-order valence-corrected chi connectivity index (χ2v) is 9.69. The van der Waals surface area contributed by atoms with E-state index in [-0.39, 0.29) is 10.5 Å². The van der Waals surface area contributed by atoms with Crippen LogP contribution < -0.4 is 5.32 Å². The van der Waals surface area contributed by atoms with Crippen molar-refractivity contribution in [1.29, 1.82) is 0 Å². The molecule has 1 fully saturated rings. The Kier molecular flexibility index (Phi) is 8.00. The van der Waals surface area contributed by atoms with Gasteiger partial charge in [-0.15, -0.1) is 0 Å². The Morgan fingerprint density at radius 2 is 1.69 bits per heavy atom. The third-order valence-electron chi connectivity index (χ3n) is 5.31. The molecule has 9 heteroatoms. The Hall–Kier alpha value is -2.75. The number of esters is 1. The lowest BCUT2D eigenvalue weighted by Crippen LogP contribution is -2.47. The van der Waals surface area contributed by atoms with Crippen LogP contribution in [0.4, 0.5) is 5.69 Å². The van der Waals surface area contributed by atoms with E-state index in [0.29, 0.717) is 44.0 Å². The van der Waals surface area contributed by atoms with Gasteiger partial charge in [-0.25, -0.2) is 13.2 Å². The van der Waals surface area contributed by atoms with Gasteiger partial charge in [0.1, 0.15) is 0 Å². The van der Waals surface area contributed by atoms with Gasteiger partial charge in [-0.05, 0) is 55.9 Å². The molecule has 32 heavy (non-hydrogen) atoms. The number of unbranched alkanes of at least 4 members (excludes halogenated alkanes) is 1. The second kappa shape index (κ2) is 10.7. The van der Waals surface area contributed by atoms with Crippen LogP contribution >= 0.6 is 0 Å². The average molecular weight is 460 g/mol. The number of nitrogens with zero attached hydrogens (tertiary/aromatic N) is 2. The SMILES string of the molecule is CCCCOC(=O)c1ccc(NC(=O)c2cccc(S(=O)(=O)N3CCN(C)CC3)c2)cc1. The quantitative estimate of drug-likeness (QED) is 0.482. The van der Waals surface area contributed by atoms with E-state index in [1.807, 2.05) is 14.0 Å². The van der Waals surface area contributed by atoms with Crippen LogP contribution in [-0.4, -0.2) is 69.3 Å². The Morgan fingerprint density at radius 1 is 1.00 bits per heavy atom. The molecule has 0 aromatic heterocycles. The molecule has 0 atom stereocenters. The second-order valence-electron chi connectivity index (χ2n) is 7.76. The van der Waals surface area contributed by atoms with Gasteiger partial charge in [0.25, 0.3) is 5.91 Å². The smallest absolute Gasteiger partial charge is 0.338 e. The molecule has 2 aromatic carbocycles. The van der Waals surface area contributed by atoms with Gasteiger partial charge in [0.2, 0.25) is 10.0 Å². The van der Waals surface area contributed by atoms with Gasteiger partial charge in [0, 0.05) is 37.4 Å². The molecule has 172 valence electrons. The van der Waals surface area contributed by atoms with E-state index in [4.69, 9.17) is 4.74 Å². The van der Waals surface area contributed by atoms with Crippen LogP contribution in [0.5, 0.6) is 0 Å². The predicted molar refractivity (Wildman–Crippen MR) is 122 cm³/mol. The van der Waals surface area contributed by atoms with E-state index in [9.17, 15) is 18.0 Å². The number of nitrogens with one attached hydrogen (secondary N) is 1. The number of carbonyl (C=O) groups excluding carboxylic acids is 2. The zero-order valence-electron chi connectivity index (χ0n) is 18.4. The highest BCUT2D eigenvalue weighted by molar-refractivity contribution is 7.89. The van der Waals surface area contributed by atoms with Gasteiger partial charge in [-0.2, -0.15) is 4.31 Å². The number of carbonyl (C=O) groups is 2. The minimum atomic E-state index is -3.66. The fourth-order valence-corrected chi connectivity index (χ4v) is 4.73. The molecule has 3 rings (SSSR count). The van der Waals surface area contributed by atoms with E-state index in [1.54, 1.807) is 36.4 Å². The maximum Gasteiger partial charge on any atom is 0.338 e. The molecule has 0 unspecified atom stereocenters. The van der Waals surface area contributed by atoms with Crippen molar-refractivity contribution in [3.05, 3.63) is 59.7 Å². The number of piperazine rings is 1. The standard InChI is InChI=1S/C23H29N3O5S/c1-3-4-16-31-23(28)18-8-10-20(11-9-18)24-22(27)19-6-5-7-21(17-19)32(29,30)26-14-12-25(2)13-15-26/h5-11,17H,3-4,12-16H2,1-2H3,(H,24,27). The molecule has 1 N–H and O–H groups in total. The summed E-state index contributed by atoms with van der Waals surface area (Å²) in [4.78, 5) is 26.8. The lowest BCUT2D eigenvalue weighted by molar-refractivity contribution is 0.0499. The maximum atomic E-state index is 13.0. The van der Waals surface area contributed by atoms with Crippen molar-refractivity contribution >= 4 is 27.6 Å². The van der Waals surface area contributed by atoms with E-state index in [2.05, 4.69) is 10.2 Å². The summed E-state index contributed by atoms with van der Waals surface area (Å²) in [6.07, 6.45) is 1.75. The summed E-state index contributed by atoms with van der Waals surface area (Å²) in [5.74, 6) is -0.836. The van der Waals surface area contributed by atoms with Crippen LogP contribution in [0, 0.1) is 0 Å². The van der Waals surface area contributed by atoms with E-state index < -0.39 is 21.9 Å². The predicted octanol–water partition coefficient (Wildman–Crippen LogP) is 2.83. The Labute approximate surface area is 189 Å². The Morgan fingerprint density at radius 3 is 2.34 bits per heavy atom. The van der Waals surface area contributed by atoms with Crippen molar-refractivity contribution in [1.82, 2.24) is 9.21 Å². The molecule has 2 aromatic rings. The van der Waals surface area contributed by atoms with Crippen LogP contribution in [0.15, 0.2) is 53.4 Å². The molecular weight excluding hydrogens is 430 g/mol. The molecule has 0 spiro atoms. The van der Waals surface area contributed by atoms with Gasteiger partial charge < -0.3 is 15.0 Å². The van der Waals surface area contributed by atoms with Crippen LogP contribution in [0.25, 0.3) is 0 Å². The fourth-order valence-electron chi connectivity index (χ4n) is 3.26. The van der Waals surface area contributed by atoms with Gasteiger partial charge in [0.05, 0.1) is 17.1 Å². The summed E-state index contributed by atoms with van der Waals surface area (Å²) in [6.45, 7) is 4.57. The zero-order valence-corrected chi connectivity index (χ0v) is 19.2. The molecule has 1 amide bonds. The van der Waals surface area contributed by atoms with Crippen molar-refractivity contribution in [3.8, 4) is 0 Å². The summed E-state index contributed by atoms with van der Waals surface area (Å²) >= 11 is 0. The lowest BCUT2D eigenvalue weighted by atomic mass is 10.2. The highest BCUT2D eigenvalue weighted by Crippen LogP contribution is 2.20. The van der Waals surface area contributed by atoms with Gasteiger partial charge >= 0.3 is 5.97 Å². The number of amides is 1. The molecule has 0 bridgehead atoms. The van der Waals surface area contributed by atoms with Crippen molar-refractivity contribution in [2.45, 2.75) is 24.7 Å². The number of anilines is 1. The van der Waals surface area contributed by atoms with Gasteiger partial charge in [-0.1, -0.05) is 19.4 Å². The number of hydrogen-bond donors (Lipinski definition) is 1. The van der Waals surface area contributed by atoms with Crippen molar-refractivity contribution in [2.24, 2.45) is 0 Å². The first-order chi connectivity index (χ1) is 15.3. The number of sulfonamides is 1. The number of ether oxygens (including phenoxy) is 1. The first-order valence-electron chi connectivity index (χ1n) is 10.7. The normalized spacial score (nSPS) is 15.3. The summed E-state index contributed by atoms with van der Waals surface area (Å²) in [6, 6.07) is 12.4. The van der Waals surface area contributed by atoms with E-state index in [1.165, 1.54) is 16.4 Å². The number of rotatable bonds is 8. The molecule has 1 aliphatic rings.